The van der Waals surface area contributed by atoms with E-state index in [0.29, 0.717) is 25.1 Å². The highest BCUT2D eigenvalue weighted by Gasteiger charge is 2.14. The minimum absolute atomic E-state index is 0.162. The Labute approximate surface area is 138 Å². The van der Waals surface area contributed by atoms with E-state index in [-0.39, 0.29) is 11.9 Å². The van der Waals surface area contributed by atoms with Crippen molar-refractivity contribution in [2.75, 3.05) is 13.1 Å². The number of benzene rings is 1. The summed E-state index contributed by atoms with van der Waals surface area (Å²) < 4.78 is 18.7. The van der Waals surface area contributed by atoms with E-state index in [1.807, 2.05) is 45.9 Å². The zero-order chi connectivity index (χ0) is 17.3. The molecule has 1 amide bonds. The molecular weight excluding hydrogens is 295 g/mol. The number of amides is 1. The molecule has 1 aromatic rings. The van der Waals surface area contributed by atoms with Gasteiger partial charge in [0.2, 0.25) is 0 Å². The van der Waals surface area contributed by atoms with E-state index in [9.17, 15) is 9.18 Å². The molecule has 5 heteroatoms. The number of rotatable bonds is 7. The minimum Gasteiger partial charge on any atom is -0.444 e. The number of carbonyl (C=O) groups is 1. The third-order valence-corrected chi connectivity index (χ3v) is 3.00. The van der Waals surface area contributed by atoms with Crippen molar-refractivity contribution in [1.82, 2.24) is 10.6 Å². The van der Waals surface area contributed by atoms with Crippen molar-refractivity contribution in [3.8, 4) is 0 Å². The summed E-state index contributed by atoms with van der Waals surface area (Å²) in [5.41, 5.74) is 0.223. The first kappa shape index (κ1) is 19.2. The highest BCUT2D eigenvalue weighted by molar-refractivity contribution is 5.67. The molecule has 1 atom stereocenters. The molecule has 0 fully saturated rings. The Kier molecular flexibility index (Phi) is 7.75. The Balaban J connectivity index is 2.18. The fourth-order valence-corrected chi connectivity index (χ4v) is 1.96. The maximum atomic E-state index is 13.5. The van der Waals surface area contributed by atoms with Crippen LogP contribution in [0.5, 0.6) is 0 Å². The number of ether oxygens (including phenoxy) is 1. The molecule has 23 heavy (non-hydrogen) atoms. The summed E-state index contributed by atoms with van der Waals surface area (Å²) in [5, 5.41) is 5.94. The van der Waals surface area contributed by atoms with Gasteiger partial charge in [-0.1, -0.05) is 30.4 Å². The van der Waals surface area contributed by atoms with Crippen molar-refractivity contribution < 1.29 is 13.9 Å². The molecule has 1 aromatic carbocycles. The van der Waals surface area contributed by atoms with Crippen molar-refractivity contribution in [1.29, 1.82) is 0 Å². The molecule has 0 saturated carbocycles. The lowest BCUT2D eigenvalue weighted by atomic mass is 10.1. The van der Waals surface area contributed by atoms with Gasteiger partial charge in [-0.25, -0.2) is 9.18 Å². The molecule has 0 aliphatic heterocycles. The van der Waals surface area contributed by atoms with E-state index in [0.717, 1.165) is 0 Å². The lowest BCUT2D eigenvalue weighted by Gasteiger charge is -2.19. The van der Waals surface area contributed by atoms with Crippen LogP contribution < -0.4 is 10.6 Å². The van der Waals surface area contributed by atoms with Crippen LogP contribution in [0.2, 0.25) is 0 Å². The summed E-state index contributed by atoms with van der Waals surface area (Å²) in [6, 6.07) is 6.97. The summed E-state index contributed by atoms with van der Waals surface area (Å²) in [4.78, 5) is 11.4. The van der Waals surface area contributed by atoms with Crippen LogP contribution in [0.25, 0.3) is 0 Å². The second-order valence-corrected chi connectivity index (χ2v) is 6.46. The number of alkyl carbamates (subject to hydrolysis) is 1. The molecule has 1 rings (SSSR count). The van der Waals surface area contributed by atoms with Crippen molar-refractivity contribution in [3.05, 3.63) is 47.8 Å². The SMILES string of the molecule is CC(Cc1ccccc1F)NC/C=C/CNC(=O)OC(C)(C)C. The summed E-state index contributed by atoms with van der Waals surface area (Å²) >= 11 is 0. The summed E-state index contributed by atoms with van der Waals surface area (Å²) in [6.45, 7) is 8.55. The van der Waals surface area contributed by atoms with Crippen LogP contribution >= 0.6 is 0 Å². The monoisotopic (exact) mass is 322 g/mol. The van der Waals surface area contributed by atoms with Gasteiger partial charge in [-0.05, 0) is 45.7 Å². The molecule has 1 unspecified atom stereocenters. The van der Waals surface area contributed by atoms with Crippen LogP contribution in [-0.2, 0) is 11.2 Å². The lowest BCUT2D eigenvalue weighted by molar-refractivity contribution is 0.0534. The molecule has 128 valence electrons. The van der Waals surface area contributed by atoms with E-state index in [1.165, 1.54) is 6.07 Å². The van der Waals surface area contributed by atoms with Gasteiger partial charge in [0.25, 0.3) is 0 Å². The Morgan fingerprint density at radius 3 is 2.57 bits per heavy atom. The molecule has 4 nitrogen and oxygen atoms in total. The maximum absolute atomic E-state index is 13.5. The van der Waals surface area contributed by atoms with Crippen LogP contribution in [0.15, 0.2) is 36.4 Å². The number of halogens is 1. The number of hydrogen-bond donors (Lipinski definition) is 2. The topological polar surface area (TPSA) is 50.4 Å². The predicted octanol–water partition coefficient (Wildman–Crippen LogP) is 3.43. The standard InChI is InChI=1S/C18H27FN2O2/c1-14(13-15-9-5-6-10-16(15)19)20-11-7-8-12-21-17(22)23-18(2,3)4/h5-10,14,20H,11-13H2,1-4H3,(H,21,22)/b8-7+. The van der Waals surface area contributed by atoms with E-state index in [4.69, 9.17) is 4.74 Å². The van der Waals surface area contributed by atoms with Gasteiger partial charge in [0.05, 0.1) is 0 Å². The quantitative estimate of drug-likeness (QED) is 0.756. The Bertz CT molecular complexity index is 524. The summed E-state index contributed by atoms with van der Waals surface area (Å²) in [6.07, 6.45) is 3.99. The first-order chi connectivity index (χ1) is 10.8. The number of carbonyl (C=O) groups excluding carboxylic acids is 1. The van der Waals surface area contributed by atoms with Crippen molar-refractivity contribution in [3.63, 3.8) is 0 Å². The van der Waals surface area contributed by atoms with Crippen LogP contribution in [0, 0.1) is 5.82 Å². The molecule has 0 aromatic heterocycles. The van der Waals surface area contributed by atoms with E-state index >= 15 is 0 Å². The second-order valence-electron chi connectivity index (χ2n) is 6.46. The molecule has 0 saturated heterocycles. The fraction of sp³-hybridized carbons (Fsp3) is 0.500. The Morgan fingerprint density at radius 1 is 1.26 bits per heavy atom. The van der Waals surface area contributed by atoms with E-state index in [1.54, 1.807) is 12.1 Å². The highest BCUT2D eigenvalue weighted by atomic mass is 19.1. The minimum atomic E-state index is -0.489. The third-order valence-electron chi connectivity index (χ3n) is 3.00. The third kappa shape index (κ3) is 8.98. The smallest absolute Gasteiger partial charge is 0.407 e. The molecule has 0 aliphatic carbocycles. The molecule has 0 radical (unpaired) electrons. The van der Waals surface area contributed by atoms with Crippen molar-refractivity contribution >= 4 is 6.09 Å². The zero-order valence-corrected chi connectivity index (χ0v) is 14.4. The zero-order valence-electron chi connectivity index (χ0n) is 14.4. The van der Waals surface area contributed by atoms with Crippen molar-refractivity contribution in [2.45, 2.75) is 45.8 Å². The Morgan fingerprint density at radius 2 is 1.91 bits per heavy atom. The van der Waals surface area contributed by atoms with Gasteiger partial charge < -0.3 is 15.4 Å². The predicted molar refractivity (Wildman–Crippen MR) is 90.9 cm³/mol. The van der Waals surface area contributed by atoms with E-state index < -0.39 is 11.7 Å². The van der Waals surface area contributed by atoms with Gasteiger partial charge in [0.1, 0.15) is 11.4 Å². The molecule has 0 spiro atoms. The van der Waals surface area contributed by atoms with Gasteiger partial charge in [-0.2, -0.15) is 0 Å². The van der Waals surface area contributed by atoms with Crippen molar-refractivity contribution in [2.24, 2.45) is 0 Å². The molecule has 0 bridgehead atoms. The number of hydrogen-bond acceptors (Lipinski definition) is 3. The van der Waals surface area contributed by atoms with Gasteiger partial charge in [-0.15, -0.1) is 0 Å². The van der Waals surface area contributed by atoms with Crippen LogP contribution in [-0.4, -0.2) is 30.8 Å². The largest absolute Gasteiger partial charge is 0.444 e. The first-order valence-electron chi connectivity index (χ1n) is 7.86. The van der Waals surface area contributed by atoms with E-state index in [2.05, 4.69) is 10.6 Å². The lowest BCUT2D eigenvalue weighted by Crippen LogP contribution is -2.32. The summed E-state index contributed by atoms with van der Waals surface area (Å²) in [7, 11) is 0. The molecule has 0 aliphatic rings. The van der Waals surface area contributed by atoms with Crippen LogP contribution in [0.1, 0.15) is 33.3 Å². The average Bonchev–Trinajstić information content (AvgIpc) is 2.43. The van der Waals surface area contributed by atoms with Gasteiger partial charge in [-0.3, -0.25) is 0 Å². The van der Waals surface area contributed by atoms with Gasteiger partial charge in [0.15, 0.2) is 0 Å². The van der Waals surface area contributed by atoms with Gasteiger partial charge in [0, 0.05) is 19.1 Å². The highest BCUT2D eigenvalue weighted by Crippen LogP contribution is 2.09. The molecule has 0 heterocycles. The van der Waals surface area contributed by atoms with Crippen LogP contribution in [0.4, 0.5) is 9.18 Å². The first-order valence-corrected chi connectivity index (χ1v) is 7.86. The van der Waals surface area contributed by atoms with Crippen LogP contribution in [0.3, 0.4) is 0 Å². The molecule has 2 N–H and O–H groups in total. The maximum Gasteiger partial charge on any atom is 0.407 e. The normalized spacial score (nSPS) is 13.1. The fourth-order valence-electron chi connectivity index (χ4n) is 1.96. The molecular formula is C18H27FN2O2. The number of nitrogens with one attached hydrogen (secondary N) is 2. The average molecular weight is 322 g/mol. The second kappa shape index (κ2) is 9.30. The summed E-state index contributed by atoms with van der Waals surface area (Å²) in [5.74, 6) is -0.168. The van der Waals surface area contributed by atoms with Gasteiger partial charge >= 0.3 is 6.09 Å². The Hall–Kier alpha value is -1.88.